The Bertz CT molecular complexity index is 523. The van der Waals surface area contributed by atoms with E-state index in [1.165, 1.54) is 6.92 Å². The molecule has 0 unspecified atom stereocenters. The molecular weight excluding hydrogens is 308 g/mol. The molecule has 0 aliphatic carbocycles. The average molecular weight is 326 g/mol. The van der Waals surface area contributed by atoms with Gasteiger partial charge in [0.25, 0.3) is 0 Å². The molecule has 120 valence electrons. The number of thiol groups is 1. The zero-order valence-corrected chi connectivity index (χ0v) is 12.9. The first-order valence-electron chi connectivity index (χ1n) is 6.55. The second-order valence-electron chi connectivity index (χ2n) is 4.51. The number of carboxylic acid groups (broad SMARTS) is 1. The van der Waals surface area contributed by atoms with Crippen molar-refractivity contribution < 1.29 is 24.2 Å². The van der Waals surface area contributed by atoms with Crippen LogP contribution < -0.4 is 10.6 Å². The van der Waals surface area contributed by atoms with Crippen LogP contribution in [0.5, 0.6) is 0 Å². The second-order valence-corrected chi connectivity index (χ2v) is 4.87. The van der Waals surface area contributed by atoms with Crippen molar-refractivity contribution in [3.63, 3.8) is 0 Å². The lowest BCUT2D eigenvalue weighted by molar-refractivity contribution is -0.141. The van der Waals surface area contributed by atoms with Gasteiger partial charge in [-0.3, -0.25) is 9.59 Å². The molecule has 1 aromatic rings. The van der Waals surface area contributed by atoms with Gasteiger partial charge in [0.1, 0.15) is 18.7 Å². The standard InChI is InChI=1S/C14H18N2O5S/c1-9(13(18)19)15-12(17)11(8-22)16-14(20)21-7-10-5-3-2-4-6-10/h2-6,9,11,22H,7-8H2,1H3,(H,15,17)(H,16,20)(H,18,19)/t9-,11-/m0/s1. The number of nitrogens with one attached hydrogen (secondary N) is 2. The predicted octanol–water partition coefficient (Wildman–Crippen LogP) is 0.800. The maximum Gasteiger partial charge on any atom is 0.408 e. The lowest BCUT2D eigenvalue weighted by Crippen LogP contribution is -2.51. The van der Waals surface area contributed by atoms with E-state index in [1.807, 2.05) is 18.2 Å². The van der Waals surface area contributed by atoms with Crippen molar-refractivity contribution in [3.05, 3.63) is 35.9 Å². The first-order chi connectivity index (χ1) is 10.4. The van der Waals surface area contributed by atoms with E-state index >= 15 is 0 Å². The molecule has 8 heteroatoms. The van der Waals surface area contributed by atoms with E-state index in [1.54, 1.807) is 12.1 Å². The number of aliphatic carboxylic acids is 1. The van der Waals surface area contributed by atoms with Crippen LogP contribution in [0.2, 0.25) is 0 Å². The van der Waals surface area contributed by atoms with Gasteiger partial charge in [-0.1, -0.05) is 30.3 Å². The van der Waals surface area contributed by atoms with Crippen LogP contribution in [0.25, 0.3) is 0 Å². The highest BCUT2D eigenvalue weighted by Gasteiger charge is 2.23. The van der Waals surface area contributed by atoms with Gasteiger partial charge in [0.05, 0.1) is 0 Å². The van der Waals surface area contributed by atoms with Gasteiger partial charge in [-0.25, -0.2) is 4.79 Å². The van der Waals surface area contributed by atoms with Crippen LogP contribution in [0.15, 0.2) is 30.3 Å². The molecular formula is C14H18N2O5S. The fraction of sp³-hybridized carbons (Fsp3) is 0.357. The highest BCUT2D eigenvalue weighted by Crippen LogP contribution is 2.01. The van der Waals surface area contributed by atoms with Crippen molar-refractivity contribution in [2.24, 2.45) is 0 Å². The maximum atomic E-state index is 11.8. The van der Waals surface area contributed by atoms with E-state index in [-0.39, 0.29) is 12.4 Å². The minimum absolute atomic E-state index is 0.0125. The molecule has 2 amide bonds. The van der Waals surface area contributed by atoms with Gasteiger partial charge >= 0.3 is 12.1 Å². The van der Waals surface area contributed by atoms with Gasteiger partial charge in [0.15, 0.2) is 0 Å². The van der Waals surface area contributed by atoms with Crippen LogP contribution in [0.4, 0.5) is 4.79 Å². The smallest absolute Gasteiger partial charge is 0.408 e. The quantitative estimate of drug-likeness (QED) is 0.555. The van der Waals surface area contributed by atoms with Crippen molar-refractivity contribution in [2.45, 2.75) is 25.6 Å². The summed E-state index contributed by atoms with van der Waals surface area (Å²) in [6, 6.07) is 7.02. The summed E-state index contributed by atoms with van der Waals surface area (Å²) in [6.45, 7) is 1.39. The Morgan fingerprint density at radius 3 is 2.41 bits per heavy atom. The maximum absolute atomic E-state index is 11.8. The fourth-order valence-electron chi connectivity index (χ4n) is 1.48. The second kappa shape index (κ2) is 8.93. The summed E-state index contributed by atoms with van der Waals surface area (Å²) in [6.07, 6.45) is -0.777. The third-order valence-electron chi connectivity index (χ3n) is 2.73. The van der Waals surface area contributed by atoms with Gasteiger partial charge in [0.2, 0.25) is 5.91 Å². The normalized spacial score (nSPS) is 12.8. The molecule has 0 saturated heterocycles. The molecule has 0 heterocycles. The monoisotopic (exact) mass is 326 g/mol. The summed E-state index contributed by atoms with van der Waals surface area (Å²) in [5.74, 6) is -1.79. The van der Waals surface area contributed by atoms with Crippen molar-refractivity contribution in [1.29, 1.82) is 0 Å². The summed E-state index contributed by atoms with van der Waals surface area (Å²) in [5, 5.41) is 13.3. The van der Waals surface area contributed by atoms with Crippen molar-refractivity contribution in [3.8, 4) is 0 Å². The highest BCUT2D eigenvalue weighted by atomic mass is 32.1. The minimum atomic E-state index is -1.17. The number of carbonyl (C=O) groups is 3. The Morgan fingerprint density at radius 2 is 1.86 bits per heavy atom. The number of carboxylic acids is 1. The average Bonchev–Trinajstić information content (AvgIpc) is 2.51. The first kappa shape index (κ1) is 17.8. The van der Waals surface area contributed by atoms with E-state index in [4.69, 9.17) is 9.84 Å². The number of rotatable bonds is 7. The van der Waals surface area contributed by atoms with Crippen LogP contribution >= 0.6 is 12.6 Å². The van der Waals surface area contributed by atoms with E-state index in [0.29, 0.717) is 0 Å². The van der Waals surface area contributed by atoms with Crippen molar-refractivity contribution >= 4 is 30.6 Å². The van der Waals surface area contributed by atoms with Crippen molar-refractivity contribution in [1.82, 2.24) is 10.6 Å². The molecule has 0 aliphatic heterocycles. The van der Waals surface area contributed by atoms with E-state index in [2.05, 4.69) is 23.3 Å². The van der Waals surface area contributed by atoms with Crippen LogP contribution in [0.1, 0.15) is 12.5 Å². The highest BCUT2D eigenvalue weighted by molar-refractivity contribution is 7.80. The molecule has 7 nitrogen and oxygen atoms in total. The summed E-state index contributed by atoms with van der Waals surface area (Å²) in [7, 11) is 0. The van der Waals surface area contributed by atoms with Gasteiger partial charge in [0, 0.05) is 5.75 Å². The molecule has 1 aromatic carbocycles. The van der Waals surface area contributed by atoms with Gasteiger partial charge < -0.3 is 20.5 Å². The van der Waals surface area contributed by atoms with Crippen LogP contribution in [-0.4, -0.2) is 40.9 Å². The number of hydrogen-bond acceptors (Lipinski definition) is 5. The third-order valence-corrected chi connectivity index (χ3v) is 3.10. The Kier molecular flexibility index (Phi) is 7.24. The number of benzene rings is 1. The zero-order valence-electron chi connectivity index (χ0n) is 12.0. The zero-order chi connectivity index (χ0) is 16.5. The molecule has 1 rings (SSSR count). The van der Waals surface area contributed by atoms with Crippen LogP contribution in [0, 0.1) is 0 Å². The molecule has 3 N–H and O–H groups in total. The SMILES string of the molecule is C[C@H](NC(=O)[C@H](CS)NC(=O)OCc1ccccc1)C(=O)O. The van der Waals surface area contributed by atoms with Gasteiger partial charge in [-0.05, 0) is 12.5 Å². The molecule has 0 bridgehead atoms. The molecule has 2 atom stereocenters. The topological polar surface area (TPSA) is 105 Å². The summed E-state index contributed by atoms with van der Waals surface area (Å²) < 4.78 is 4.98. The molecule has 0 fully saturated rings. The van der Waals surface area contributed by atoms with Crippen molar-refractivity contribution in [2.75, 3.05) is 5.75 Å². The number of carbonyl (C=O) groups excluding carboxylic acids is 2. The molecule has 0 radical (unpaired) electrons. The number of amides is 2. The molecule has 0 aliphatic rings. The molecule has 22 heavy (non-hydrogen) atoms. The number of alkyl carbamates (subject to hydrolysis) is 1. The van der Waals surface area contributed by atoms with Gasteiger partial charge in [-0.15, -0.1) is 0 Å². The summed E-state index contributed by atoms with van der Waals surface area (Å²) >= 11 is 3.96. The predicted molar refractivity (Wildman–Crippen MR) is 82.6 cm³/mol. The molecule has 0 saturated carbocycles. The lowest BCUT2D eigenvalue weighted by Gasteiger charge is -2.18. The minimum Gasteiger partial charge on any atom is -0.480 e. The Balaban J connectivity index is 2.45. The van der Waals surface area contributed by atoms with Crippen LogP contribution in [-0.2, 0) is 20.9 Å². The van der Waals surface area contributed by atoms with E-state index in [9.17, 15) is 14.4 Å². The van der Waals surface area contributed by atoms with Gasteiger partial charge in [-0.2, -0.15) is 12.6 Å². The third kappa shape index (κ3) is 6.04. The fourth-order valence-corrected chi connectivity index (χ4v) is 1.73. The molecule has 0 spiro atoms. The van der Waals surface area contributed by atoms with Crippen LogP contribution in [0.3, 0.4) is 0 Å². The number of ether oxygens (including phenoxy) is 1. The summed E-state index contributed by atoms with van der Waals surface area (Å²) in [5.41, 5.74) is 0.809. The number of hydrogen-bond donors (Lipinski definition) is 4. The Morgan fingerprint density at radius 1 is 1.23 bits per heavy atom. The van der Waals surface area contributed by atoms with E-state index in [0.717, 1.165) is 5.56 Å². The Labute approximate surface area is 133 Å². The lowest BCUT2D eigenvalue weighted by atomic mass is 10.2. The Hall–Kier alpha value is -2.22. The van der Waals surface area contributed by atoms with E-state index < -0.39 is 30.1 Å². The summed E-state index contributed by atoms with van der Waals surface area (Å²) in [4.78, 5) is 34.1. The largest absolute Gasteiger partial charge is 0.480 e. The first-order valence-corrected chi connectivity index (χ1v) is 7.18. The molecule has 0 aromatic heterocycles.